The molecular formula is C31H33N5O. The lowest BCUT2D eigenvalue weighted by atomic mass is 9.97. The Morgan fingerprint density at radius 2 is 1.95 bits per heavy atom. The van der Waals surface area contributed by atoms with Crippen molar-refractivity contribution in [2.75, 3.05) is 27.2 Å². The van der Waals surface area contributed by atoms with Gasteiger partial charge in [0.1, 0.15) is 5.69 Å². The summed E-state index contributed by atoms with van der Waals surface area (Å²) in [6, 6.07) is 16.6. The molecule has 0 radical (unpaired) electrons. The van der Waals surface area contributed by atoms with Crippen molar-refractivity contribution in [1.82, 2.24) is 24.4 Å². The van der Waals surface area contributed by atoms with Crippen LogP contribution in [-0.4, -0.2) is 63.4 Å². The molecule has 1 aliphatic rings. The molecule has 5 rings (SSSR count). The highest BCUT2D eigenvalue weighted by Crippen LogP contribution is 2.20. The normalized spacial score (nSPS) is 15.8. The topological polar surface area (TPSA) is 53.7 Å². The predicted molar refractivity (Wildman–Crippen MR) is 147 cm³/mol. The Morgan fingerprint density at radius 3 is 2.73 bits per heavy atom. The molecule has 0 saturated carbocycles. The highest BCUT2D eigenvalue weighted by atomic mass is 16.1. The van der Waals surface area contributed by atoms with Crippen molar-refractivity contribution in [2.24, 2.45) is 0 Å². The second kappa shape index (κ2) is 10.7. The molecule has 2 aromatic heterocycles. The van der Waals surface area contributed by atoms with Gasteiger partial charge in [-0.05, 0) is 80.7 Å². The van der Waals surface area contributed by atoms with Crippen molar-refractivity contribution in [3.63, 3.8) is 0 Å². The average Bonchev–Trinajstić information content (AvgIpc) is 3.52. The third-order valence-corrected chi connectivity index (χ3v) is 7.31. The number of likely N-dealkylation sites (tertiary alicyclic amines) is 1. The second-order valence-electron chi connectivity index (χ2n) is 10.2. The zero-order chi connectivity index (χ0) is 25.9. The number of aryl methyl sites for hydroxylation is 2. The molecule has 1 saturated heterocycles. The maximum Gasteiger partial charge on any atom is 0.167 e. The fourth-order valence-electron chi connectivity index (χ4n) is 4.93. The van der Waals surface area contributed by atoms with E-state index in [1.807, 2.05) is 37.3 Å². The maximum absolute atomic E-state index is 13.2. The van der Waals surface area contributed by atoms with Gasteiger partial charge in [0.2, 0.25) is 0 Å². The summed E-state index contributed by atoms with van der Waals surface area (Å²) in [6.45, 7) is 7.37. The first kappa shape index (κ1) is 24.9. The molecule has 1 aliphatic heterocycles. The molecule has 6 heteroatoms. The number of carbonyl (C=O) groups excluding carboxylic acids is 1. The number of imidazole rings is 1. The van der Waals surface area contributed by atoms with Crippen molar-refractivity contribution >= 4 is 11.4 Å². The van der Waals surface area contributed by atoms with E-state index in [0.717, 1.165) is 42.0 Å². The summed E-state index contributed by atoms with van der Waals surface area (Å²) in [7, 11) is 4.32. The standard InChI is InChI=1S/C31H33N5O/c1-22-7-9-26(18-25(22)11-12-28-19-32-31-6-5-14-33-36(28)31)30(37)17-24-8-10-27(23(2)16-24)20-35-15-13-29(21-35)34(3)4/h5-10,14,16,18-19,29H,13,15,17,20-21H2,1-4H3/t29-/m1/s1. The SMILES string of the molecule is Cc1ccc(C(=O)Cc2ccc(CN3CC[C@@H](N(C)C)C3)c(C)c2)cc1C#Cc1cnc2cccnn12. The van der Waals surface area contributed by atoms with E-state index in [1.165, 1.54) is 17.5 Å². The minimum atomic E-state index is 0.0973. The minimum absolute atomic E-state index is 0.0973. The first-order chi connectivity index (χ1) is 17.9. The van der Waals surface area contributed by atoms with Crippen LogP contribution in [0.25, 0.3) is 5.65 Å². The molecule has 2 aromatic carbocycles. The molecule has 37 heavy (non-hydrogen) atoms. The molecule has 3 heterocycles. The van der Waals surface area contributed by atoms with Gasteiger partial charge in [0.15, 0.2) is 11.4 Å². The van der Waals surface area contributed by atoms with E-state index < -0.39 is 0 Å². The van der Waals surface area contributed by atoms with Crippen LogP contribution in [0.2, 0.25) is 0 Å². The van der Waals surface area contributed by atoms with Gasteiger partial charge < -0.3 is 4.90 Å². The van der Waals surface area contributed by atoms with Crippen LogP contribution in [0.1, 0.15) is 50.3 Å². The number of hydrogen-bond donors (Lipinski definition) is 0. The van der Waals surface area contributed by atoms with E-state index in [2.05, 4.69) is 70.9 Å². The van der Waals surface area contributed by atoms with E-state index in [0.29, 0.717) is 23.7 Å². The Morgan fingerprint density at radius 1 is 1.08 bits per heavy atom. The summed E-state index contributed by atoms with van der Waals surface area (Å²) in [6.07, 6.45) is 5.03. The van der Waals surface area contributed by atoms with Crippen LogP contribution in [-0.2, 0) is 13.0 Å². The lowest BCUT2D eigenvalue weighted by molar-refractivity contribution is 0.0993. The molecule has 0 unspecified atom stereocenters. The van der Waals surface area contributed by atoms with Gasteiger partial charge in [-0.3, -0.25) is 9.69 Å². The van der Waals surface area contributed by atoms with Gasteiger partial charge >= 0.3 is 0 Å². The third kappa shape index (κ3) is 5.64. The molecule has 0 spiro atoms. The van der Waals surface area contributed by atoms with Crippen LogP contribution in [0.3, 0.4) is 0 Å². The van der Waals surface area contributed by atoms with Crippen LogP contribution in [0, 0.1) is 25.7 Å². The summed E-state index contributed by atoms with van der Waals surface area (Å²) < 4.78 is 1.72. The lowest BCUT2D eigenvalue weighted by Gasteiger charge is -2.21. The monoisotopic (exact) mass is 491 g/mol. The zero-order valence-corrected chi connectivity index (χ0v) is 22.0. The molecule has 0 N–H and O–H groups in total. The van der Waals surface area contributed by atoms with Crippen LogP contribution in [0.4, 0.5) is 0 Å². The summed E-state index contributed by atoms with van der Waals surface area (Å²) >= 11 is 0. The largest absolute Gasteiger partial charge is 0.305 e. The number of hydrogen-bond acceptors (Lipinski definition) is 5. The number of benzene rings is 2. The number of Topliss-reactive ketones (excluding diaryl/α,β-unsaturated/α-hetero) is 1. The van der Waals surface area contributed by atoms with E-state index in [9.17, 15) is 4.79 Å². The quantitative estimate of drug-likeness (QED) is 0.297. The molecule has 0 aliphatic carbocycles. The predicted octanol–water partition coefficient (Wildman–Crippen LogP) is 4.31. The van der Waals surface area contributed by atoms with Crippen molar-refractivity contribution < 1.29 is 4.79 Å². The molecule has 1 atom stereocenters. The molecule has 4 aromatic rings. The fraction of sp³-hybridized carbons (Fsp3) is 0.323. The molecule has 188 valence electrons. The van der Waals surface area contributed by atoms with Gasteiger partial charge in [0, 0.05) is 49.4 Å². The number of rotatable bonds is 6. The van der Waals surface area contributed by atoms with E-state index in [1.54, 1.807) is 16.9 Å². The average molecular weight is 492 g/mol. The summed E-state index contributed by atoms with van der Waals surface area (Å²) in [5.74, 6) is 6.48. The first-order valence-corrected chi connectivity index (χ1v) is 12.8. The molecule has 6 nitrogen and oxygen atoms in total. The van der Waals surface area contributed by atoms with E-state index in [4.69, 9.17) is 0 Å². The first-order valence-electron chi connectivity index (χ1n) is 12.8. The Hall–Kier alpha value is -3.79. The van der Waals surface area contributed by atoms with Gasteiger partial charge in [0.25, 0.3) is 0 Å². The van der Waals surface area contributed by atoms with Gasteiger partial charge in [-0.25, -0.2) is 9.50 Å². The van der Waals surface area contributed by atoms with E-state index in [-0.39, 0.29) is 5.78 Å². The van der Waals surface area contributed by atoms with Crippen molar-refractivity contribution in [1.29, 1.82) is 0 Å². The lowest BCUT2D eigenvalue weighted by Crippen LogP contribution is -2.31. The number of likely N-dealkylation sites (N-methyl/N-ethyl adjacent to an activating group) is 1. The number of fused-ring (bicyclic) bond motifs is 1. The number of carbonyl (C=O) groups is 1. The number of ketones is 1. The third-order valence-electron chi connectivity index (χ3n) is 7.31. The van der Waals surface area contributed by atoms with Crippen LogP contribution in [0.5, 0.6) is 0 Å². The molecule has 1 fully saturated rings. The zero-order valence-electron chi connectivity index (χ0n) is 22.0. The Bertz CT molecular complexity index is 1510. The highest BCUT2D eigenvalue weighted by molar-refractivity contribution is 5.98. The Balaban J connectivity index is 1.28. The van der Waals surface area contributed by atoms with E-state index >= 15 is 0 Å². The molecular weight excluding hydrogens is 458 g/mol. The maximum atomic E-state index is 13.2. The Labute approximate surface area is 218 Å². The minimum Gasteiger partial charge on any atom is -0.305 e. The Kier molecular flexibility index (Phi) is 7.18. The van der Waals surface area contributed by atoms with Crippen molar-refractivity contribution in [3.8, 4) is 11.8 Å². The smallest absolute Gasteiger partial charge is 0.167 e. The van der Waals surface area contributed by atoms with Crippen LogP contribution >= 0.6 is 0 Å². The van der Waals surface area contributed by atoms with Crippen LogP contribution in [0.15, 0.2) is 60.9 Å². The van der Waals surface area contributed by atoms with Gasteiger partial charge in [0.05, 0.1) is 6.20 Å². The summed E-state index contributed by atoms with van der Waals surface area (Å²) in [5.41, 5.74) is 7.65. The van der Waals surface area contributed by atoms with Crippen molar-refractivity contribution in [2.45, 2.75) is 39.3 Å². The van der Waals surface area contributed by atoms with Gasteiger partial charge in [-0.1, -0.05) is 36.3 Å². The molecule has 0 amide bonds. The fourth-order valence-corrected chi connectivity index (χ4v) is 4.93. The number of aromatic nitrogens is 3. The second-order valence-corrected chi connectivity index (χ2v) is 10.2. The van der Waals surface area contributed by atoms with Crippen molar-refractivity contribution in [3.05, 3.63) is 100.0 Å². The number of nitrogens with zero attached hydrogens (tertiary/aromatic N) is 5. The van der Waals surface area contributed by atoms with Gasteiger partial charge in [-0.15, -0.1) is 0 Å². The van der Waals surface area contributed by atoms with Gasteiger partial charge in [-0.2, -0.15) is 5.10 Å². The van der Waals surface area contributed by atoms with Crippen LogP contribution < -0.4 is 0 Å². The summed E-state index contributed by atoms with van der Waals surface area (Å²) in [5, 5.41) is 4.31. The summed E-state index contributed by atoms with van der Waals surface area (Å²) in [4.78, 5) is 22.4. The molecule has 0 bridgehead atoms. The highest BCUT2D eigenvalue weighted by Gasteiger charge is 2.24.